The maximum atomic E-state index is 5.96. The standard InChI is InChI=1S/C8H11BrN2/c9-6-3-7(11-4-6)8(10)5-1-2-5/h3-5,8,11H,1-2,10H2/t8-/m1/s1. The normalized spacial score (nSPS) is 20.2. The Bertz CT molecular complexity index is 252. The summed E-state index contributed by atoms with van der Waals surface area (Å²) in [5, 5.41) is 0. The van der Waals surface area contributed by atoms with E-state index in [2.05, 4.69) is 27.0 Å². The summed E-state index contributed by atoms with van der Waals surface area (Å²) in [6.45, 7) is 0. The van der Waals surface area contributed by atoms with Crippen molar-refractivity contribution in [3.8, 4) is 0 Å². The van der Waals surface area contributed by atoms with Gasteiger partial charge in [0.1, 0.15) is 0 Å². The summed E-state index contributed by atoms with van der Waals surface area (Å²) in [7, 11) is 0. The van der Waals surface area contributed by atoms with Gasteiger partial charge in [0.05, 0.1) is 0 Å². The minimum atomic E-state index is 0.223. The summed E-state index contributed by atoms with van der Waals surface area (Å²) < 4.78 is 1.09. The van der Waals surface area contributed by atoms with Crippen molar-refractivity contribution in [2.24, 2.45) is 11.7 Å². The van der Waals surface area contributed by atoms with Gasteiger partial charge < -0.3 is 10.7 Å². The van der Waals surface area contributed by atoms with Crippen LogP contribution in [0.1, 0.15) is 24.6 Å². The van der Waals surface area contributed by atoms with E-state index in [0.717, 1.165) is 16.1 Å². The number of rotatable bonds is 2. The van der Waals surface area contributed by atoms with Crippen molar-refractivity contribution in [2.75, 3.05) is 0 Å². The van der Waals surface area contributed by atoms with Crippen LogP contribution in [0.3, 0.4) is 0 Å². The van der Waals surface area contributed by atoms with Crippen LogP contribution >= 0.6 is 15.9 Å². The molecule has 0 aromatic carbocycles. The molecule has 1 aromatic rings. The number of aromatic amines is 1. The highest BCUT2D eigenvalue weighted by Crippen LogP contribution is 2.39. The Kier molecular flexibility index (Phi) is 1.77. The van der Waals surface area contributed by atoms with Gasteiger partial charge in [-0.25, -0.2) is 0 Å². The zero-order valence-corrected chi connectivity index (χ0v) is 7.76. The Morgan fingerprint density at radius 1 is 1.64 bits per heavy atom. The first kappa shape index (κ1) is 7.37. The van der Waals surface area contributed by atoms with E-state index >= 15 is 0 Å². The van der Waals surface area contributed by atoms with Gasteiger partial charge in [0.25, 0.3) is 0 Å². The fraction of sp³-hybridized carbons (Fsp3) is 0.500. The lowest BCUT2D eigenvalue weighted by molar-refractivity contribution is 0.618. The maximum absolute atomic E-state index is 5.96. The van der Waals surface area contributed by atoms with Crippen molar-refractivity contribution < 1.29 is 0 Å². The summed E-state index contributed by atoms with van der Waals surface area (Å²) in [6.07, 6.45) is 4.51. The molecule has 1 saturated carbocycles. The number of nitrogens with one attached hydrogen (secondary N) is 1. The van der Waals surface area contributed by atoms with Gasteiger partial charge in [-0.2, -0.15) is 0 Å². The molecule has 0 amide bonds. The second-order valence-electron chi connectivity index (χ2n) is 3.14. The molecular formula is C8H11BrN2. The van der Waals surface area contributed by atoms with Crippen LogP contribution in [-0.4, -0.2) is 4.98 Å². The monoisotopic (exact) mass is 214 g/mol. The van der Waals surface area contributed by atoms with Crippen molar-refractivity contribution in [1.29, 1.82) is 0 Å². The predicted octanol–water partition coefficient (Wildman–Crippen LogP) is 2.19. The van der Waals surface area contributed by atoms with Gasteiger partial charge in [-0.15, -0.1) is 0 Å². The fourth-order valence-corrected chi connectivity index (χ4v) is 1.65. The van der Waals surface area contributed by atoms with Crippen molar-refractivity contribution in [2.45, 2.75) is 18.9 Å². The first-order valence-corrected chi connectivity index (χ1v) is 4.66. The summed E-state index contributed by atoms with van der Waals surface area (Å²) >= 11 is 3.38. The first-order chi connectivity index (χ1) is 5.27. The van der Waals surface area contributed by atoms with E-state index in [1.54, 1.807) is 0 Å². The summed E-state index contributed by atoms with van der Waals surface area (Å²) in [5.74, 6) is 0.723. The number of aromatic nitrogens is 1. The third kappa shape index (κ3) is 1.49. The number of halogens is 1. The topological polar surface area (TPSA) is 41.8 Å². The van der Waals surface area contributed by atoms with E-state index < -0.39 is 0 Å². The van der Waals surface area contributed by atoms with Gasteiger partial charge in [-0.05, 0) is 40.8 Å². The molecule has 11 heavy (non-hydrogen) atoms. The van der Waals surface area contributed by atoms with Crippen LogP contribution in [0.25, 0.3) is 0 Å². The van der Waals surface area contributed by atoms with Crippen molar-refractivity contribution >= 4 is 15.9 Å². The second-order valence-corrected chi connectivity index (χ2v) is 4.05. The van der Waals surface area contributed by atoms with Crippen molar-refractivity contribution in [3.63, 3.8) is 0 Å². The number of hydrogen-bond acceptors (Lipinski definition) is 1. The summed E-state index contributed by atoms with van der Waals surface area (Å²) in [5.41, 5.74) is 7.11. The molecule has 0 saturated heterocycles. The smallest absolute Gasteiger partial charge is 0.0476 e. The van der Waals surface area contributed by atoms with Crippen LogP contribution in [0.2, 0.25) is 0 Å². The van der Waals surface area contributed by atoms with Gasteiger partial charge in [-0.3, -0.25) is 0 Å². The van der Waals surface area contributed by atoms with E-state index in [0.29, 0.717) is 0 Å². The molecule has 0 spiro atoms. The Morgan fingerprint density at radius 2 is 2.36 bits per heavy atom. The van der Waals surface area contributed by atoms with E-state index in [1.165, 1.54) is 12.8 Å². The van der Waals surface area contributed by atoms with Crippen LogP contribution in [-0.2, 0) is 0 Å². The molecule has 3 N–H and O–H groups in total. The average Bonchev–Trinajstić information content (AvgIpc) is 2.74. The zero-order valence-electron chi connectivity index (χ0n) is 6.18. The quantitative estimate of drug-likeness (QED) is 0.779. The molecule has 1 fully saturated rings. The fourth-order valence-electron chi connectivity index (χ4n) is 1.29. The van der Waals surface area contributed by atoms with Crippen LogP contribution in [0.15, 0.2) is 16.7 Å². The highest BCUT2D eigenvalue weighted by molar-refractivity contribution is 9.10. The van der Waals surface area contributed by atoms with Crippen LogP contribution in [0.4, 0.5) is 0 Å². The molecule has 1 heterocycles. The third-order valence-electron chi connectivity index (χ3n) is 2.16. The number of hydrogen-bond donors (Lipinski definition) is 2. The second kappa shape index (κ2) is 2.64. The van der Waals surface area contributed by atoms with E-state index in [4.69, 9.17) is 5.73 Å². The summed E-state index contributed by atoms with van der Waals surface area (Å²) in [6, 6.07) is 2.28. The van der Waals surface area contributed by atoms with E-state index in [-0.39, 0.29) is 6.04 Å². The van der Waals surface area contributed by atoms with E-state index in [9.17, 15) is 0 Å². The Labute approximate surface area is 74.3 Å². The molecular weight excluding hydrogens is 204 g/mol. The van der Waals surface area contributed by atoms with Crippen molar-refractivity contribution in [3.05, 3.63) is 22.4 Å². The molecule has 3 heteroatoms. The number of nitrogens with two attached hydrogens (primary N) is 1. The lowest BCUT2D eigenvalue weighted by Gasteiger charge is -2.06. The molecule has 0 bridgehead atoms. The molecule has 0 radical (unpaired) electrons. The molecule has 2 nitrogen and oxygen atoms in total. The molecule has 1 atom stereocenters. The largest absolute Gasteiger partial charge is 0.363 e. The molecule has 60 valence electrons. The highest BCUT2D eigenvalue weighted by Gasteiger charge is 2.30. The minimum Gasteiger partial charge on any atom is -0.363 e. The first-order valence-electron chi connectivity index (χ1n) is 3.87. The third-order valence-corrected chi connectivity index (χ3v) is 2.62. The lowest BCUT2D eigenvalue weighted by Crippen LogP contribution is -2.12. The number of H-pyrrole nitrogens is 1. The molecule has 2 rings (SSSR count). The van der Waals surface area contributed by atoms with Crippen molar-refractivity contribution in [1.82, 2.24) is 4.98 Å². The lowest BCUT2D eigenvalue weighted by atomic mass is 10.1. The highest BCUT2D eigenvalue weighted by atomic mass is 79.9. The van der Waals surface area contributed by atoms with Crippen LogP contribution in [0.5, 0.6) is 0 Å². The van der Waals surface area contributed by atoms with Gasteiger partial charge in [-0.1, -0.05) is 0 Å². The van der Waals surface area contributed by atoms with Gasteiger partial charge in [0.15, 0.2) is 0 Å². The van der Waals surface area contributed by atoms with Gasteiger partial charge in [0, 0.05) is 22.4 Å². The summed E-state index contributed by atoms with van der Waals surface area (Å²) in [4.78, 5) is 3.15. The predicted molar refractivity (Wildman–Crippen MR) is 48.1 cm³/mol. The molecule has 0 aliphatic heterocycles. The minimum absolute atomic E-state index is 0.223. The molecule has 1 aliphatic rings. The maximum Gasteiger partial charge on any atom is 0.0476 e. The molecule has 1 aliphatic carbocycles. The van der Waals surface area contributed by atoms with Gasteiger partial charge in [0.2, 0.25) is 0 Å². The van der Waals surface area contributed by atoms with E-state index in [1.807, 2.05) is 6.20 Å². The zero-order chi connectivity index (χ0) is 7.84. The average molecular weight is 215 g/mol. The Hall–Kier alpha value is -0.280. The Balaban J connectivity index is 2.14. The SMILES string of the molecule is N[C@@H](c1cc(Br)c[nH]1)C1CC1. The molecule has 0 unspecified atom stereocenters. The Morgan fingerprint density at radius 3 is 2.82 bits per heavy atom. The molecule has 1 aromatic heterocycles. The van der Waals surface area contributed by atoms with Crippen LogP contribution in [0, 0.1) is 5.92 Å². The van der Waals surface area contributed by atoms with Crippen LogP contribution < -0.4 is 5.73 Å². The van der Waals surface area contributed by atoms with Gasteiger partial charge >= 0.3 is 0 Å².